The lowest BCUT2D eigenvalue weighted by molar-refractivity contribution is 0.0921. The molecule has 9 aromatic rings. The maximum atomic E-state index is 13.1. The third-order valence-corrected chi connectivity index (χ3v) is 10.8. The van der Waals surface area contributed by atoms with Crippen LogP contribution in [-0.2, 0) is 19.6 Å². The molecule has 4 amide bonds. The number of halogens is 2. The van der Waals surface area contributed by atoms with Crippen molar-refractivity contribution in [2.75, 3.05) is 0 Å². The Morgan fingerprint density at radius 3 is 1.49 bits per heavy atom. The molecule has 0 saturated heterocycles. The molecule has 0 aliphatic rings. The zero-order chi connectivity index (χ0) is 51.1. The van der Waals surface area contributed by atoms with Gasteiger partial charge in [0.25, 0.3) is 23.6 Å². The van der Waals surface area contributed by atoms with Crippen molar-refractivity contribution in [3.63, 3.8) is 0 Å². The van der Waals surface area contributed by atoms with E-state index < -0.39 is 23.6 Å². The molecule has 22 nitrogen and oxygen atoms in total. The van der Waals surface area contributed by atoms with Crippen molar-refractivity contribution in [3.8, 4) is 22.8 Å². The molecular formula is C49H42F2N18O4. The summed E-state index contributed by atoms with van der Waals surface area (Å²) in [4.78, 5) is 75.8. The molecule has 5 N–H and O–H groups in total. The van der Waals surface area contributed by atoms with E-state index in [1.54, 1.807) is 36.5 Å². The zero-order valence-corrected chi connectivity index (χ0v) is 38.8. The number of benzene rings is 4. The monoisotopic (exact) mass is 984 g/mol. The number of hydrogen-bond donors (Lipinski definition) is 5. The second-order valence-corrected chi connectivity index (χ2v) is 15.9. The molecule has 24 heteroatoms. The average molecular weight is 985 g/mol. The number of nitrogens with zero attached hydrogens (tertiary/aromatic N) is 13. The molecule has 5 heterocycles. The Hall–Kier alpha value is -10.0. The fraction of sp³-hybridized carbons (Fsp3) is 0.143. The number of carbonyl (C=O) groups is 4. The SMILES string of the molecule is C[C@H](NC(=O)c1cc(C(=O)NCc2ccc(F)cc2)ncn1)c1ccc(-c2nn[nH]n2)cc1.C[C@H](NC(=O)c1cc(C(=O)NCc2ccc(F)cc2)ncn1)c1ccc(-c2nnn(Cc3ccncn3)n2)cc1. The van der Waals surface area contributed by atoms with Gasteiger partial charge in [-0.15, -0.1) is 20.4 Å². The molecule has 0 bridgehead atoms. The van der Waals surface area contributed by atoms with E-state index in [0.717, 1.165) is 51.7 Å². The van der Waals surface area contributed by atoms with E-state index in [1.807, 2.05) is 62.4 Å². The number of tetrazole rings is 2. The molecule has 9 rings (SSSR count). The van der Waals surface area contributed by atoms with E-state index in [4.69, 9.17) is 0 Å². The summed E-state index contributed by atoms with van der Waals surface area (Å²) < 4.78 is 26.1. The first kappa shape index (κ1) is 49.4. The van der Waals surface area contributed by atoms with Gasteiger partial charge in [-0.25, -0.2) is 38.7 Å². The number of H-pyrrole nitrogens is 1. The molecule has 0 spiro atoms. The summed E-state index contributed by atoms with van der Waals surface area (Å²) >= 11 is 0. The van der Waals surface area contributed by atoms with Crippen LogP contribution in [0, 0.1) is 11.6 Å². The number of aromatic amines is 1. The van der Waals surface area contributed by atoms with Crippen LogP contribution in [0.5, 0.6) is 0 Å². The highest BCUT2D eigenvalue weighted by Gasteiger charge is 2.19. The van der Waals surface area contributed by atoms with Gasteiger partial charge in [0.05, 0.1) is 17.8 Å². The van der Waals surface area contributed by atoms with Crippen molar-refractivity contribution in [2.24, 2.45) is 0 Å². The van der Waals surface area contributed by atoms with Crippen LogP contribution in [0.4, 0.5) is 8.78 Å². The van der Waals surface area contributed by atoms with Gasteiger partial charge in [0.1, 0.15) is 59.9 Å². The number of aromatic nitrogens is 14. The minimum atomic E-state index is -0.480. The topological polar surface area (TPSA) is 292 Å². The lowest BCUT2D eigenvalue weighted by Crippen LogP contribution is -2.29. The number of carbonyl (C=O) groups excluding carboxylic acids is 4. The quantitative estimate of drug-likeness (QED) is 0.0873. The first-order chi connectivity index (χ1) is 35.4. The number of rotatable bonds is 16. The maximum Gasteiger partial charge on any atom is 0.270 e. The summed E-state index contributed by atoms with van der Waals surface area (Å²) in [5, 5.41) is 37.5. The van der Waals surface area contributed by atoms with Crippen LogP contribution in [0.3, 0.4) is 0 Å². The Labute approximate surface area is 413 Å². The molecule has 73 heavy (non-hydrogen) atoms. The van der Waals surface area contributed by atoms with Crippen molar-refractivity contribution < 1.29 is 28.0 Å². The molecule has 0 fully saturated rings. The highest BCUT2D eigenvalue weighted by Crippen LogP contribution is 2.21. The summed E-state index contributed by atoms with van der Waals surface area (Å²) in [6.07, 6.45) is 5.43. The van der Waals surface area contributed by atoms with Crippen LogP contribution in [0.2, 0.25) is 0 Å². The highest BCUT2D eigenvalue weighted by molar-refractivity contribution is 5.98. The van der Waals surface area contributed by atoms with Crippen molar-refractivity contribution in [3.05, 3.63) is 203 Å². The van der Waals surface area contributed by atoms with E-state index in [2.05, 4.69) is 87.2 Å². The first-order valence-electron chi connectivity index (χ1n) is 22.2. The first-order valence-corrected chi connectivity index (χ1v) is 22.2. The van der Waals surface area contributed by atoms with Crippen molar-refractivity contribution in [1.82, 2.24) is 92.0 Å². The van der Waals surface area contributed by atoms with Gasteiger partial charge in [-0.2, -0.15) is 10.0 Å². The van der Waals surface area contributed by atoms with Crippen molar-refractivity contribution in [1.29, 1.82) is 0 Å². The van der Waals surface area contributed by atoms with E-state index in [1.165, 1.54) is 47.5 Å². The Bertz CT molecular complexity index is 3290. The summed E-state index contributed by atoms with van der Waals surface area (Å²) in [6, 6.07) is 30.1. The normalized spacial score (nSPS) is 11.6. The third-order valence-electron chi connectivity index (χ3n) is 10.8. The van der Waals surface area contributed by atoms with Crippen molar-refractivity contribution >= 4 is 23.6 Å². The number of nitrogens with one attached hydrogen (secondary N) is 5. The van der Waals surface area contributed by atoms with E-state index in [-0.39, 0.29) is 59.6 Å². The Balaban J connectivity index is 0.000000199. The molecule has 0 aliphatic heterocycles. The average Bonchev–Trinajstić information content (AvgIpc) is 4.15. The molecular weight excluding hydrogens is 943 g/mol. The second-order valence-electron chi connectivity index (χ2n) is 15.9. The van der Waals surface area contributed by atoms with E-state index >= 15 is 0 Å². The number of hydrogen-bond acceptors (Lipinski definition) is 16. The molecule has 2 atom stereocenters. The van der Waals surface area contributed by atoms with Gasteiger partial charge in [-0.05, 0) is 76.9 Å². The highest BCUT2D eigenvalue weighted by atomic mass is 19.1. The van der Waals surface area contributed by atoms with Crippen LogP contribution in [0.15, 0.2) is 140 Å². The Morgan fingerprint density at radius 2 is 1.04 bits per heavy atom. The smallest absolute Gasteiger partial charge is 0.270 e. The molecule has 0 radical (unpaired) electrons. The lowest BCUT2D eigenvalue weighted by atomic mass is 10.1. The maximum absolute atomic E-state index is 13.1. The fourth-order valence-electron chi connectivity index (χ4n) is 6.78. The summed E-state index contributed by atoms with van der Waals surface area (Å²) in [5.41, 5.74) is 5.69. The molecule has 0 unspecified atom stereocenters. The van der Waals surface area contributed by atoms with E-state index in [0.29, 0.717) is 18.2 Å². The molecule has 5 aromatic heterocycles. The predicted octanol–water partition coefficient (Wildman–Crippen LogP) is 4.75. The molecule has 4 aromatic carbocycles. The van der Waals surface area contributed by atoms with Crippen molar-refractivity contribution in [2.45, 2.75) is 45.6 Å². The van der Waals surface area contributed by atoms with Crippen LogP contribution in [-0.4, -0.2) is 94.4 Å². The van der Waals surface area contributed by atoms with Crippen LogP contribution >= 0.6 is 0 Å². The Morgan fingerprint density at radius 1 is 0.562 bits per heavy atom. The molecule has 366 valence electrons. The van der Waals surface area contributed by atoms with Gasteiger partial charge in [0, 0.05) is 42.5 Å². The van der Waals surface area contributed by atoms with Gasteiger partial charge in [0.2, 0.25) is 11.6 Å². The van der Waals surface area contributed by atoms with Gasteiger partial charge in [-0.3, -0.25) is 19.2 Å². The molecule has 0 saturated carbocycles. The van der Waals surface area contributed by atoms with E-state index in [9.17, 15) is 28.0 Å². The summed E-state index contributed by atoms with van der Waals surface area (Å²) in [5.74, 6) is -1.63. The van der Waals surface area contributed by atoms with Gasteiger partial charge in [0.15, 0.2) is 0 Å². The number of amides is 4. The summed E-state index contributed by atoms with van der Waals surface area (Å²) in [6.45, 7) is 4.42. The third kappa shape index (κ3) is 13.6. The second kappa shape index (κ2) is 23.5. The summed E-state index contributed by atoms with van der Waals surface area (Å²) in [7, 11) is 0. The zero-order valence-electron chi connectivity index (χ0n) is 38.8. The van der Waals surface area contributed by atoms with Gasteiger partial charge in [-0.1, -0.05) is 72.8 Å². The van der Waals surface area contributed by atoms with Crippen LogP contribution in [0.1, 0.15) is 95.8 Å². The Kier molecular flexibility index (Phi) is 15.9. The minimum Gasteiger partial charge on any atom is -0.347 e. The van der Waals surface area contributed by atoms with Crippen LogP contribution < -0.4 is 21.3 Å². The molecule has 0 aliphatic carbocycles. The van der Waals surface area contributed by atoms with Crippen LogP contribution in [0.25, 0.3) is 22.8 Å². The van der Waals surface area contributed by atoms with Gasteiger partial charge >= 0.3 is 0 Å². The standard InChI is InChI=1S/C27H23FN10O2.C22H19FN8O2/c1-17(19-4-6-20(7-5-19)25-35-37-38(36-25)14-22-10-11-29-15-31-22)34-27(40)24-12-23(32-16-33-24)26(39)30-13-18-2-8-21(28)9-3-18;1-13(15-4-6-16(7-5-15)20-28-30-31-29-20)27-22(33)19-10-18(25-12-26-19)21(32)24-11-14-2-8-17(23)9-3-14/h2-12,15-17H,13-14H2,1H3,(H,30,39)(H,34,40);2-10,12-13H,11H2,1H3,(H,24,32)(H,27,33)(H,28,29,30,31)/t17-;13-/m00/s1. The fourth-order valence-corrected chi connectivity index (χ4v) is 6.78. The van der Waals surface area contributed by atoms with Gasteiger partial charge < -0.3 is 21.3 Å². The predicted molar refractivity (Wildman–Crippen MR) is 255 cm³/mol. The minimum absolute atomic E-state index is 0.0412. The largest absolute Gasteiger partial charge is 0.347 e. The lowest BCUT2D eigenvalue weighted by Gasteiger charge is -2.14.